The molecule has 78 valence electrons. The Bertz CT molecular complexity index is 113. The van der Waals surface area contributed by atoms with E-state index in [9.17, 15) is 0 Å². The highest BCUT2D eigenvalue weighted by molar-refractivity contribution is 4.63. The number of rotatable bonds is 9. The van der Waals surface area contributed by atoms with Crippen molar-refractivity contribution < 1.29 is 4.74 Å². The predicted molar refractivity (Wildman–Crippen MR) is 58.0 cm³/mol. The highest BCUT2D eigenvalue weighted by atomic mass is 16.5. The SMILES string of the molecule is C=CCOCCNCCCC(C)C. The van der Waals surface area contributed by atoms with Crippen LogP contribution in [0.2, 0.25) is 0 Å². The molecule has 0 aliphatic rings. The zero-order valence-electron chi connectivity index (χ0n) is 9.01. The Hall–Kier alpha value is -0.340. The number of ether oxygens (including phenoxy) is 1. The molecule has 0 aromatic heterocycles. The van der Waals surface area contributed by atoms with Crippen LogP contribution in [0.15, 0.2) is 12.7 Å². The fourth-order valence-electron chi connectivity index (χ4n) is 1.07. The van der Waals surface area contributed by atoms with E-state index in [1.165, 1.54) is 12.8 Å². The summed E-state index contributed by atoms with van der Waals surface area (Å²) in [7, 11) is 0. The van der Waals surface area contributed by atoms with Crippen molar-refractivity contribution in [1.82, 2.24) is 5.32 Å². The summed E-state index contributed by atoms with van der Waals surface area (Å²) in [6.45, 7) is 11.6. The van der Waals surface area contributed by atoms with Crippen LogP contribution >= 0.6 is 0 Å². The first kappa shape index (κ1) is 12.7. The van der Waals surface area contributed by atoms with Gasteiger partial charge in [0.05, 0.1) is 13.2 Å². The molecule has 0 rings (SSSR count). The Morgan fingerprint density at radius 1 is 1.38 bits per heavy atom. The summed E-state index contributed by atoms with van der Waals surface area (Å²) in [4.78, 5) is 0. The summed E-state index contributed by atoms with van der Waals surface area (Å²) in [6.07, 6.45) is 4.35. The van der Waals surface area contributed by atoms with Crippen molar-refractivity contribution in [1.29, 1.82) is 0 Å². The molecular formula is C11H23NO. The zero-order valence-corrected chi connectivity index (χ0v) is 9.01. The molecule has 2 nitrogen and oxygen atoms in total. The largest absolute Gasteiger partial charge is 0.376 e. The first-order valence-corrected chi connectivity index (χ1v) is 5.16. The third-order valence-corrected chi connectivity index (χ3v) is 1.79. The van der Waals surface area contributed by atoms with E-state index in [0.29, 0.717) is 6.61 Å². The van der Waals surface area contributed by atoms with Gasteiger partial charge in [0.25, 0.3) is 0 Å². The lowest BCUT2D eigenvalue weighted by Crippen LogP contribution is -2.21. The van der Waals surface area contributed by atoms with E-state index in [4.69, 9.17) is 4.74 Å². The highest BCUT2D eigenvalue weighted by Gasteiger charge is 1.92. The minimum Gasteiger partial charge on any atom is -0.376 e. The second kappa shape index (κ2) is 9.75. The third kappa shape index (κ3) is 11.7. The quantitative estimate of drug-likeness (QED) is 0.439. The Morgan fingerprint density at radius 2 is 2.15 bits per heavy atom. The first-order chi connectivity index (χ1) is 6.27. The van der Waals surface area contributed by atoms with Crippen LogP contribution in [0, 0.1) is 5.92 Å². The predicted octanol–water partition coefficient (Wildman–Crippen LogP) is 2.21. The maximum atomic E-state index is 5.23. The molecule has 0 radical (unpaired) electrons. The fourth-order valence-corrected chi connectivity index (χ4v) is 1.07. The topological polar surface area (TPSA) is 21.3 Å². The van der Waals surface area contributed by atoms with Crippen molar-refractivity contribution in [2.75, 3.05) is 26.3 Å². The second-order valence-electron chi connectivity index (χ2n) is 3.65. The molecule has 13 heavy (non-hydrogen) atoms. The minimum absolute atomic E-state index is 0.660. The van der Waals surface area contributed by atoms with Crippen LogP contribution in [0.3, 0.4) is 0 Å². The van der Waals surface area contributed by atoms with Crippen molar-refractivity contribution in [3.05, 3.63) is 12.7 Å². The molecule has 0 atom stereocenters. The summed E-state index contributed by atoms with van der Waals surface area (Å²) in [5.41, 5.74) is 0. The Morgan fingerprint density at radius 3 is 2.77 bits per heavy atom. The van der Waals surface area contributed by atoms with Gasteiger partial charge in [-0.3, -0.25) is 0 Å². The van der Waals surface area contributed by atoms with Crippen LogP contribution < -0.4 is 5.32 Å². The van der Waals surface area contributed by atoms with Crippen LogP contribution in [0.25, 0.3) is 0 Å². The molecular weight excluding hydrogens is 162 g/mol. The van der Waals surface area contributed by atoms with Crippen molar-refractivity contribution in [3.63, 3.8) is 0 Å². The molecule has 0 amide bonds. The van der Waals surface area contributed by atoms with E-state index < -0.39 is 0 Å². The van der Waals surface area contributed by atoms with Gasteiger partial charge in [0, 0.05) is 6.54 Å². The van der Waals surface area contributed by atoms with Crippen molar-refractivity contribution in [3.8, 4) is 0 Å². The summed E-state index contributed by atoms with van der Waals surface area (Å²) in [5.74, 6) is 0.818. The molecule has 0 saturated heterocycles. The van der Waals surface area contributed by atoms with E-state index in [1.54, 1.807) is 6.08 Å². The molecule has 0 aromatic rings. The normalized spacial score (nSPS) is 10.7. The Kier molecular flexibility index (Phi) is 9.49. The zero-order chi connectivity index (χ0) is 9.94. The van der Waals surface area contributed by atoms with Crippen LogP contribution in [0.5, 0.6) is 0 Å². The monoisotopic (exact) mass is 185 g/mol. The van der Waals surface area contributed by atoms with Crippen molar-refractivity contribution in [2.45, 2.75) is 26.7 Å². The lowest BCUT2D eigenvalue weighted by Gasteiger charge is -2.06. The molecule has 0 saturated carbocycles. The number of hydrogen-bond donors (Lipinski definition) is 1. The van der Waals surface area contributed by atoms with Gasteiger partial charge in [-0.05, 0) is 25.3 Å². The van der Waals surface area contributed by atoms with Gasteiger partial charge in [0.2, 0.25) is 0 Å². The van der Waals surface area contributed by atoms with Gasteiger partial charge in [0.15, 0.2) is 0 Å². The van der Waals surface area contributed by atoms with Crippen LogP contribution in [-0.4, -0.2) is 26.3 Å². The lowest BCUT2D eigenvalue weighted by molar-refractivity contribution is 0.164. The summed E-state index contributed by atoms with van der Waals surface area (Å²) in [6, 6.07) is 0. The molecule has 0 spiro atoms. The molecule has 0 aliphatic heterocycles. The molecule has 1 N–H and O–H groups in total. The van der Waals surface area contributed by atoms with E-state index in [1.807, 2.05) is 0 Å². The number of hydrogen-bond acceptors (Lipinski definition) is 2. The summed E-state index contributed by atoms with van der Waals surface area (Å²) in [5, 5.41) is 3.34. The molecule has 0 unspecified atom stereocenters. The fraction of sp³-hybridized carbons (Fsp3) is 0.818. The summed E-state index contributed by atoms with van der Waals surface area (Å²) >= 11 is 0. The molecule has 2 heteroatoms. The summed E-state index contributed by atoms with van der Waals surface area (Å²) < 4.78 is 5.23. The minimum atomic E-state index is 0.660. The smallest absolute Gasteiger partial charge is 0.0645 e. The first-order valence-electron chi connectivity index (χ1n) is 5.16. The second-order valence-corrected chi connectivity index (χ2v) is 3.65. The van der Waals surface area contributed by atoms with E-state index >= 15 is 0 Å². The van der Waals surface area contributed by atoms with E-state index in [-0.39, 0.29) is 0 Å². The van der Waals surface area contributed by atoms with Gasteiger partial charge >= 0.3 is 0 Å². The van der Waals surface area contributed by atoms with Gasteiger partial charge < -0.3 is 10.1 Å². The standard InChI is InChI=1S/C11H23NO/c1-4-9-13-10-8-12-7-5-6-11(2)3/h4,11-12H,1,5-10H2,2-3H3. The van der Waals surface area contributed by atoms with Crippen LogP contribution in [0.1, 0.15) is 26.7 Å². The maximum absolute atomic E-state index is 5.23. The highest BCUT2D eigenvalue weighted by Crippen LogP contribution is 2.01. The molecule has 0 fully saturated rings. The van der Waals surface area contributed by atoms with Gasteiger partial charge in [0.1, 0.15) is 0 Å². The Labute approximate surface area is 82.4 Å². The van der Waals surface area contributed by atoms with Gasteiger partial charge in [-0.2, -0.15) is 0 Å². The lowest BCUT2D eigenvalue weighted by atomic mass is 10.1. The molecule has 0 aliphatic carbocycles. The number of nitrogens with one attached hydrogen (secondary N) is 1. The Balaban J connectivity index is 2.87. The molecule has 0 heterocycles. The van der Waals surface area contributed by atoms with Gasteiger partial charge in [-0.15, -0.1) is 6.58 Å². The van der Waals surface area contributed by atoms with Gasteiger partial charge in [-0.1, -0.05) is 19.9 Å². The van der Waals surface area contributed by atoms with Gasteiger partial charge in [-0.25, -0.2) is 0 Å². The third-order valence-electron chi connectivity index (χ3n) is 1.79. The average molecular weight is 185 g/mol. The molecule has 0 bridgehead atoms. The van der Waals surface area contributed by atoms with Crippen molar-refractivity contribution >= 4 is 0 Å². The molecule has 0 aromatic carbocycles. The maximum Gasteiger partial charge on any atom is 0.0645 e. The van der Waals surface area contributed by atoms with Crippen LogP contribution in [-0.2, 0) is 4.74 Å². The average Bonchev–Trinajstić information content (AvgIpc) is 2.09. The van der Waals surface area contributed by atoms with Crippen molar-refractivity contribution in [2.24, 2.45) is 5.92 Å². The van der Waals surface area contributed by atoms with E-state index in [0.717, 1.165) is 25.6 Å². The van der Waals surface area contributed by atoms with E-state index in [2.05, 4.69) is 25.7 Å². The van der Waals surface area contributed by atoms with Crippen LogP contribution in [0.4, 0.5) is 0 Å².